The van der Waals surface area contributed by atoms with Gasteiger partial charge in [0.2, 0.25) is 10.0 Å². The molecule has 0 atom stereocenters. The maximum absolute atomic E-state index is 12.7. The number of carbonyl (C=O) groups is 1. The number of hydrogen-bond donors (Lipinski definition) is 2. The van der Waals surface area contributed by atoms with Crippen LogP contribution >= 0.6 is 0 Å². The standard InChI is InChI=1S/C22H30N2O5S2/c1-3-5-6-9-16-23-31(28,29)19-14-12-18(13-15-19)24-22(25)20-10-7-8-11-21(20)30(26,27)17-4-2/h7-8,10-15,23H,3-6,9,16-17H2,1-2H3,(H,24,25). The van der Waals surface area contributed by atoms with Gasteiger partial charge in [-0.05, 0) is 49.2 Å². The summed E-state index contributed by atoms with van der Waals surface area (Å²) in [5, 5.41) is 2.64. The minimum absolute atomic E-state index is 0.0131. The van der Waals surface area contributed by atoms with Crippen LogP contribution in [0.3, 0.4) is 0 Å². The van der Waals surface area contributed by atoms with Crippen LogP contribution in [0.1, 0.15) is 56.3 Å². The summed E-state index contributed by atoms with van der Waals surface area (Å²) >= 11 is 0. The summed E-state index contributed by atoms with van der Waals surface area (Å²) in [5.41, 5.74) is 0.427. The average Bonchev–Trinajstić information content (AvgIpc) is 2.74. The number of sulfonamides is 1. The molecule has 0 radical (unpaired) electrons. The second-order valence-electron chi connectivity index (χ2n) is 7.25. The summed E-state index contributed by atoms with van der Waals surface area (Å²) in [4.78, 5) is 12.8. The number of hydrogen-bond acceptors (Lipinski definition) is 5. The van der Waals surface area contributed by atoms with Crippen molar-refractivity contribution in [3.8, 4) is 0 Å². The first-order valence-electron chi connectivity index (χ1n) is 10.4. The van der Waals surface area contributed by atoms with Crippen LogP contribution in [0.4, 0.5) is 5.69 Å². The van der Waals surface area contributed by atoms with Crippen molar-refractivity contribution in [2.75, 3.05) is 17.6 Å². The van der Waals surface area contributed by atoms with E-state index < -0.39 is 25.8 Å². The highest BCUT2D eigenvalue weighted by molar-refractivity contribution is 7.91. The number of sulfone groups is 1. The second kappa shape index (κ2) is 11.4. The van der Waals surface area contributed by atoms with E-state index in [1.54, 1.807) is 19.1 Å². The third-order valence-electron chi connectivity index (χ3n) is 4.68. The van der Waals surface area contributed by atoms with Gasteiger partial charge in [-0.3, -0.25) is 4.79 Å². The summed E-state index contributed by atoms with van der Waals surface area (Å²) < 4.78 is 52.2. The quantitative estimate of drug-likeness (QED) is 0.460. The molecule has 0 saturated heterocycles. The van der Waals surface area contributed by atoms with E-state index in [1.807, 2.05) is 0 Å². The summed E-state index contributed by atoms with van der Waals surface area (Å²) in [5.74, 6) is -0.616. The van der Waals surface area contributed by atoms with Gasteiger partial charge in [-0.1, -0.05) is 45.2 Å². The topological polar surface area (TPSA) is 109 Å². The predicted octanol–water partition coefficient (Wildman–Crippen LogP) is 3.98. The lowest BCUT2D eigenvalue weighted by Gasteiger charge is -2.11. The lowest BCUT2D eigenvalue weighted by Crippen LogP contribution is -2.24. The van der Waals surface area contributed by atoms with Crippen LogP contribution in [-0.4, -0.2) is 35.0 Å². The molecule has 170 valence electrons. The number of rotatable bonds is 12. The van der Waals surface area contributed by atoms with E-state index >= 15 is 0 Å². The smallest absolute Gasteiger partial charge is 0.256 e. The first kappa shape index (κ1) is 25.0. The Morgan fingerprint density at radius 1 is 0.839 bits per heavy atom. The molecular formula is C22H30N2O5S2. The first-order chi connectivity index (χ1) is 14.7. The highest BCUT2D eigenvalue weighted by Crippen LogP contribution is 2.20. The van der Waals surface area contributed by atoms with Gasteiger partial charge >= 0.3 is 0 Å². The van der Waals surface area contributed by atoms with Crippen LogP contribution < -0.4 is 10.0 Å². The fourth-order valence-corrected chi connectivity index (χ4v) is 5.67. The Balaban J connectivity index is 2.10. The Labute approximate surface area is 185 Å². The molecule has 2 aromatic rings. The molecule has 0 bridgehead atoms. The fourth-order valence-electron chi connectivity index (χ4n) is 3.06. The zero-order chi connectivity index (χ0) is 22.9. The fraction of sp³-hybridized carbons (Fsp3) is 0.409. The van der Waals surface area contributed by atoms with Gasteiger partial charge in [0.15, 0.2) is 9.84 Å². The number of anilines is 1. The molecule has 0 spiro atoms. The Morgan fingerprint density at radius 3 is 2.16 bits per heavy atom. The molecule has 0 fully saturated rings. The first-order valence-corrected chi connectivity index (χ1v) is 13.6. The van der Waals surface area contributed by atoms with E-state index in [4.69, 9.17) is 0 Å². The maximum atomic E-state index is 12.7. The van der Waals surface area contributed by atoms with Crippen molar-refractivity contribution in [1.82, 2.24) is 4.72 Å². The molecule has 0 aliphatic rings. The average molecular weight is 467 g/mol. The zero-order valence-corrected chi connectivity index (χ0v) is 19.6. The van der Waals surface area contributed by atoms with Crippen molar-refractivity contribution < 1.29 is 21.6 Å². The van der Waals surface area contributed by atoms with E-state index in [1.165, 1.54) is 36.4 Å². The molecule has 7 nitrogen and oxygen atoms in total. The van der Waals surface area contributed by atoms with E-state index in [9.17, 15) is 21.6 Å². The molecule has 0 aromatic heterocycles. The summed E-state index contributed by atoms with van der Waals surface area (Å²) in [6.07, 6.45) is 4.34. The Bertz CT molecular complexity index is 1080. The summed E-state index contributed by atoms with van der Waals surface area (Å²) in [6.45, 7) is 4.23. The number of amides is 1. The molecule has 0 aliphatic carbocycles. The van der Waals surface area contributed by atoms with Crippen LogP contribution in [-0.2, 0) is 19.9 Å². The number of nitrogens with one attached hydrogen (secondary N) is 2. The lowest BCUT2D eigenvalue weighted by atomic mass is 10.2. The third-order valence-corrected chi connectivity index (χ3v) is 8.13. The molecule has 0 heterocycles. The molecule has 31 heavy (non-hydrogen) atoms. The molecular weight excluding hydrogens is 436 g/mol. The Morgan fingerprint density at radius 2 is 1.52 bits per heavy atom. The molecule has 0 saturated carbocycles. The van der Waals surface area contributed by atoms with Gasteiger partial charge in [0, 0.05) is 12.2 Å². The van der Waals surface area contributed by atoms with Crippen molar-refractivity contribution in [3.63, 3.8) is 0 Å². The van der Waals surface area contributed by atoms with E-state index in [0.29, 0.717) is 18.7 Å². The Kier molecular flexibility index (Phi) is 9.21. The van der Waals surface area contributed by atoms with Gasteiger partial charge in [0.25, 0.3) is 5.91 Å². The molecule has 0 unspecified atom stereocenters. The van der Waals surface area contributed by atoms with Crippen LogP contribution in [0, 0.1) is 0 Å². The van der Waals surface area contributed by atoms with Gasteiger partial charge in [0.05, 0.1) is 21.1 Å². The largest absolute Gasteiger partial charge is 0.322 e. The number of unbranched alkanes of at least 4 members (excludes halogenated alkanes) is 3. The van der Waals surface area contributed by atoms with Crippen LogP contribution in [0.2, 0.25) is 0 Å². The minimum atomic E-state index is -3.62. The van der Waals surface area contributed by atoms with E-state index in [0.717, 1.165) is 25.7 Å². The molecule has 2 aromatic carbocycles. The normalized spacial score (nSPS) is 11.9. The van der Waals surface area contributed by atoms with Gasteiger partial charge in [-0.15, -0.1) is 0 Å². The lowest BCUT2D eigenvalue weighted by molar-refractivity contribution is 0.102. The monoisotopic (exact) mass is 466 g/mol. The van der Waals surface area contributed by atoms with Gasteiger partial charge in [-0.25, -0.2) is 21.6 Å². The maximum Gasteiger partial charge on any atom is 0.256 e. The molecule has 2 N–H and O–H groups in total. The van der Waals surface area contributed by atoms with Gasteiger partial charge < -0.3 is 5.32 Å². The van der Waals surface area contributed by atoms with E-state index in [2.05, 4.69) is 17.0 Å². The molecule has 2 rings (SSSR count). The van der Waals surface area contributed by atoms with Crippen LogP contribution in [0.25, 0.3) is 0 Å². The highest BCUT2D eigenvalue weighted by atomic mass is 32.2. The second-order valence-corrected chi connectivity index (χ2v) is 11.1. The third kappa shape index (κ3) is 7.15. The van der Waals surface area contributed by atoms with E-state index in [-0.39, 0.29) is 21.1 Å². The van der Waals surface area contributed by atoms with Crippen molar-refractivity contribution >= 4 is 31.5 Å². The van der Waals surface area contributed by atoms with Crippen LogP contribution in [0.15, 0.2) is 58.3 Å². The minimum Gasteiger partial charge on any atom is -0.322 e. The SMILES string of the molecule is CCCCCCNS(=O)(=O)c1ccc(NC(=O)c2ccccc2S(=O)(=O)CCC)cc1. The van der Waals surface area contributed by atoms with Crippen LogP contribution in [0.5, 0.6) is 0 Å². The molecule has 1 amide bonds. The molecule has 0 aliphatic heterocycles. The van der Waals surface area contributed by atoms with Gasteiger partial charge in [0.1, 0.15) is 0 Å². The number of benzene rings is 2. The summed E-state index contributed by atoms with van der Waals surface area (Å²) in [6, 6.07) is 11.8. The van der Waals surface area contributed by atoms with Crippen molar-refractivity contribution in [2.24, 2.45) is 0 Å². The van der Waals surface area contributed by atoms with Crippen molar-refractivity contribution in [1.29, 1.82) is 0 Å². The Hall–Kier alpha value is -2.23. The predicted molar refractivity (Wildman–Crippen MR) is 123 cm³/mol. The molecule has 9 heteroatoms. The van der Waals surface area contributed by atoms with Crippen molar-refractivity contribution in [3.05, 3.63) is 54.1 Å². The highest BCUT2D eigenvalue weighted by Gasteiger charge is 2.21. The number of carbonyl (C=O) groups excluding carboxylic acids is 1. The zero-order valence-electron chi connectivity index (χ0n) is 17.9. The van der Waals surface area contributed by atoms with Gasteiger partial charge in [-0.2, -0.15) is 0 Å². The summed E-state index contributed by atoms with van der Waals surface area (Å²) in [7, 11) is -7.19. The van der Waals surface area contributed by atoms with Crippen molar-refractivity contribution in [2.45, 2.75) is 55.7 Å².